The zero-order chi connectivity index (χ0) is 22.8. The van der Waals surface area contributed by atoms with Gasteiger partial charge in [-0.05, 0) is 67.6 Å². The fourth-order valence-corrected chi connectivity index (χ4v) is 5.41. The van der Waals surface area contributed by atoms with Crippen LogP contribution < -0.4 is 5.73 Å². The Hall–Kier alpha value is -2.13. The van der Waals surface area contributed by atoms with Gasteiger partial charge in [0.05, 0.1) is 5.41 Å². The molecular weight excluding hydrogens is 392 g/mol. The first kappa shape index (κ1) is 24.5. The molecule has 3 heteroatoms. The molecule has 2 aromatic carbocycles. The van der Waals surface area contributed by atoms with Gasteiger partial charge in [0.2, 0.25) is 5.91 Å². The summed E-state index contributed by atoms with van der Waals surface area (Å²) in [5, 5.41) is 0. The van der Waals surface area contributed by atoms with Crippen LogP contribution >= 0.6 is 0 Å². The van der Waals surface area contributed by atoms with Crippen molar-refractivity contribution in [1.82, 2.24) is 4.90 Å². The standard InChI is InChI=1S/C29H42N2O/c1-3-5-7-13-21-31(22-14-8-6-4-2)23-15-20-29(28(30)32)26-18-11-9-16-24(26)25-17-10-12-19-27(25)29/h9-12,16-19H,3-8,13-15,20-23H2,1-2H3,(H2,30,32). The lowest BCUT2D eigenvalue weighted by Crippen LogP contribution is -2.41. The highest BCUT2D eigenvalue weighted by Crippen LogP contribution is 2.51. The Labute approximate surface area is 195 Å². The number of fused-ring (bicyclic) bond motifs is 3. The van der Waals surface area contributed by atoms with Crippen LogP contribution in [-0.4, -0.2) is 30.4 Å². The summed E-state index contributed by atoms with van der Waals surface area (Å²) in [5.74, 6) is -0.215. The van der Waals surface area contributed by atoms with Gasteiger partial charge >= 0.3 is 0 Å². The van der Waals surface area contributed by atoms with Crippen molar-refractivity contribution in [2.24, 2.45) is 5.73 Å². The van der Waals surface area contributed by atoms with Crippen LogP contribution in [0, 0.1) is 0 Å². The number of hydrogen-bond donors (Lipinski definition) is 1. The third-order valence-electron chi connectivity index (χ3n) is 7.17. The summed E-state index contributed by atoms with van der Waals surface area (Å²) < 4.78 is 0. The maximum Gasteiger partial charge on any atom is 0.232 e. The summed E-state index contributed by atoms with van der Waals surface area (Å²) in [4.78, 5) is 15.7. The Balaban J connectivity index is 1.72. The topological polar surface area (TPSA) is 46.3 Å². The number of carbonyl (C=O) groups is 1. The lowest BCUT2D eigenvalue weighted by Gasteiger charge is -2.30. The largest absolute Gasteiger partial charge is 0.369 e. The predicted molar refractivity (Wildman–Crippen MR) is 136 cm³/mol. The first-order chi connectivity index (χ1) is 15.6. The molecule has 0 saturated carbocycles. The van der Waals surface area contributed by atoms with Gasteiger partial charge in [0.1, 0.15) is 0 Å². The van der Waals surface area contributed by atoms with Crippen molar-refractivity contribution in [3.8, 4) is 11.1 Å². The Morgan fingerprint density at radius 1 is 0.719 bits per heavy atom. The third-order valence-corrected chi connectivity index (χ3v) is 7.17. The first-order valence-corrected chi connectivity index (χ1v) is 12.9. The van der Waals surface area contributed by atoms with E-state index in [4.69, 9.17) is 5.73 Å². The van der Waals surface area contributed by atoms with Crippen LogP contribution in [0.1, 0.15) is 89.2 Å². The van der Waals surface area contributed by atoms with E-state index in [-0.39, 0.29) is 5.91 Å². The van der Waals surface area contributed by atoms with Crippen LogP contribution in [0.25, 0.3) is 11.1 Å². The molecule has 0 heterocycles. The zero-order valence-electron chi connectivity index (χ0n) is 20.2. The summed E-state index contributed by atoms with van der Waals surface area (Å²) in [6.45, 7) is 7.91. The van der Waals surface area contributed by atoms with Gasteiger partial charge in [-0.15, -0.1) is 0 Å². The normalized spacial score (nSPS) is 13.8. The molecule has 3 rings (SSSR count). The molecule has 174 valence electrons. The number of amides is 1. The maximum absolute atomic E-state index is 13.0. The van der Waals surface area contributed by atoms with E-state index in [1.807, 2.05) is 12.1 Å². The highest BCUT2D eigenvalue weighted by atomic mass is 16.1. The van der Waals surface area contributed by atoms with Crippen LogP contribution in [0.5, 0.6) is 0 Å². The van der Waals surface area contributed by atoms with Crippen LogP contribution in [0.2, 0.25) is 0 Å². The SMILES string of the molecule is CCCCCCN(CCCCCC)CCCC1(C(N)=O)c2ccccc2-c2ccccc21. The molecule has 0 aliphatic heterocycles. The molecule has 1 aliphatic rings. The molecule has 1 aliphatic carbocycles. The fourth-order valence-electron chi connectivity index (χ4n) is 5.41. The minimum Gasteiger partial charge on any atom is -0.369 e. The van der Waals surface area contributed by atoms with E-state index in [2.05, 4.69) is 55.1 Å². The summed E-state index contributed by atoms with van der Waals surface area (Å²) in [6, 6.07) is 16.7. The first-order valence-electron chi connectivity index (χ1n) is 12.9. The number of benzene rings is 2. The summed E-state index contributed by atoms with van der Waals surface area (Å²) >= 11 is 0. The van der Waals surface area contributed by atoms with Gasteiger partial charge in [0.25, 0.3) is 0 Å². The second-order valence-corrected chi connectivity index (χ2v) is 9.43. The molecule has 0 bridgehead atoms. The smallest absolute Gasteiger partial charge is 0.232 e. The maximum atomic E-state index is 13.0. The molecule has 32 heavy (non-hydrogen) atoms. The van der Waals surface area contributed by atoms with E-state index < -0.39 is 5.41 Å². The number of primary amides is 1. The van der Waals surface area contributed by atoms with E-state index in [1.165, 1.54) is 64.5 Å². The van der Waals surface area contributed by atoms with E-state index in [1.54, 1.807) is 0 Å². The molecule has 0 unspecified atom stereocenters. The molecular formula is C29H42N2O. The van der Waals surface area contributed by atoms with Crippen LogP contribution in [0.4, 0.5) is 0 Å². The lowest BCUT2D eigenvalue weighted by atomic mass is 9.74. The van der Waals surface area contributed by atoms with Gasteiger partial charge < -0.3 is 10.6 Å². The van der Waals surface area contributed by atoms with E-state index in [0.717, 1.165) is 41.6 Å². The van der Waals surface area contributed by atoms with Gasteiger partial charge in [0.15, 0.2) is 0 Å². The summed E-state index contributed by atoms with van der Waals surface area (Å²) in [6.07, 6.45) is 12.1. The van der Waals surface area contributed by atoms with Crippen LogP contribution in [-0.2, 0) is 10.2 Å². The Morgan fingerprint density at radius 2 is 1.19 bits per heavy atom. The molecule has 0 fully saturated rings. The van der Waals surface area contributed by atoms with Crippen molar-refractivity contribution < 1.29 is 4.79 Å². The Bertz CT molecular complexity index is 802. The lowest BCUT2D eigenvalue weighted by molar-refractivity contribution is -0.122. The van der Waals surface area contributed by atoms with Crippen molar-refractivity contribution in [1.29, 1.82) is 0 Å². The van der Waals surface area contributed by atoms with Crippen molar-refractivity contribution in [2.45, 2.75) is 83.5 Å². The highest BCUT2D eigenvalue weighted by molar-refractivity contribution is 5.99. The molecule has 0 spiro atoms. The average Bonchev–Trinajstić information content (AvgIpc) is 3.10. The van der Waals surface area contributed by atoms with Crippen LogP contribution in [0.15, 0.2) is 48.5 Å². The molecule has 0 radical (unpaired) electrons. The quantitative estimate of drug-likeness (QED) is 0.318. The number of hydrogen-bond acceptors (Lipinski definition) is 2. The minimum absolute atomic E-state index is 0.215. The molecule has 0 saturated heterocycles. The zero-order valence-corrected chi connectivity index (χ0v) is 20.2. The van der Waals surface area contributed by atoms with Crippen molar-refractivity contribution in [3.05, 3.63) is 59.7 Å². The molecule has 2 aromatic rings. The number of rotatable bonds is 15. The average molecular weight is 435 g/mol. The fraction of sp³-hybridized carbons (Fsp3) is 0.552. The van der Waals surface area contributed by atoms with Gasteiger partial charge in [-0.2, -0.15) is 0 Å². The highest BCUT2D eigenvalue weighted by Gasteiger charge is 2.47. The van der Waals surface area contributed by atoms with Gasteiger partial charge in [-0.25, -0.2) is 0 Å². The van der Waals surface area contributed by atoms with Gasteiger partial charge in [0, 0.05) is 0 Å². The number of nitrogens with zero attached hydrogens (tertiary/aromatic N) is 1. The molecule has 2 N–H and O–H groups in total. The number of unbranched alkanes of at least 4 members (excludes halogenated alkanes) is 6. The van der Waals surface area contributed by atoms with Crippen molar-refractivity contribution in [2.75, 3.05) is 19.6 Å². The van der Waals surface area contributed by atoms with Crippen molar-refractivity contribution >= 4 is 5.91 Å². The van der Waals surface area contributed by atoms with E-state index >= 15 is 0 Å². The summed E-state index contributed by atoms with van der Waals surface area (Å²) in [7, 11) is 0. The summed E-state index contributed by atoms with van der Waals surface area (Å²) in [5.41, 5.74) is 9.96. The second-order valence-electron chi connectivity index (χ2n) is 9.43. The molecule has 3 nitrogen and oxygen atoms in total. The molecule has 1 amide bonds. The third kappa shape index (κ3) is 5.43. The Kier molecular flexibility index (Phi) is 9.35. The second kappa shape index (κ2) is 12.2. The van der Waals surface area contributed by atoms with Crippen LogP contribution in [0.3, 0.4) is 0 Å². The molecule has 0 atom stereocenters. The van der Waals surface area contributed by atoms with Crippen molar-refractivity contribution in [3.63, 3.8) is 0 Å². The minimum atomic E-state index is -0.705. The van der Waals surface area contributed by atoms with Gasteiger partial charge in [-0.3, -0.25) is 4.79 Å². The molecule has 0 aromatic heterocycles. The monoisotopic (exact) mass is 434 g/mol. The van der Waals surface area contributed by atoms with E-state index in [0.29, 0.717) is 0 Å². The number of carbonyl (C=O) groups excluding carboxylic acids is 1. The van der Waals surface area contributed by atoms with Gasteiger partial charge in [-0.1, -0.05) is 101 Å². The number of nitrogens with two attached hydrogens (primary N) is 1. The predicted octanol–water partition coefficient (Wildman–Crippen LogP) is 6.68. The van der Waals surface area contributed by atoms with E-state index in [9.17, 15) is 4.79 Å². The Morgan fingerprint density at radius 3 is 1.66 bits per heavy atom.